The number of alkyl halides is 1. The topological polar surface area (TPSA) is 51.5 Å². The normalized spacial score (nSPS) is 10.4. The van der Waals surface area contributed by atoms with Crippen LogP contribution < -0.4 is 5.32 Å². The summed E-state index contributed by atoms with van der Waals surface area (Å²) in [5.74, 6) is 1.40. The number of halogens is 1. The molecule has 4 nitrogen and oxygen atoms in total. The molecule has 0 radical (unpaired) electrons. The highest BCUT2D eigenvalue weighted by Crippen LogP contribution is 2.07. The smallest absolute Gasteiger partial charge is 0.287 e. The summed E-state index contributed by atoms with van der Waals surface area (Å²) in [6.07, 6.45) is 0.784. The molecule has 0 unspecified atom stereocenters. The first-order chi connectivity index (χ1) is 7.77. The monoisotopic (exact) mass is 245 g/mol. The molecule has 0 bridgehead atoms. The summed E-state index contributed by atoms with van der Waals surface area (Å²) in [7, 11) is 0. The van der Waals surface area contributed by atoms with Gasteiger partial charge in [-0.25, -0.2) is 0 Å². The number of hydrogen-bond acceptors (Lipinski definition) is 3. The number of carbonyl (C=O) groups is 1. The average molecular weight is 246 g/mol. The van der Waals surface area contributed by atoms with Crippen LogP contribution in [0.2, 0.25) is 0 Å². The van der Waals surface area contributed by atoms with Gasteiger partial charge >= 0.3 is 0 Å². The third-order valence-corrected chi connectivity index (χ3v) is 2.14. The van der Waals surface area contributed by atoms with E-state index in [4.69, 9.17) is 20.8 Å². The maximum Gasteiger partial charge on any atom is 0.287 e. The minimum Gasteiger partial charge on any atom is -0.456 e. The number of ether oxygens (including phenoxy) is 1. The van der Waals surface area contributed by atoms with Crippen molar-refractivity contribution in [2.75, 3.05) is 25.6 Å². The summed E-state index contributed by atoms with van der Waals surface area (Å²) < 4.78 is 10.4. The van der Waals surface area contributed by atoms with E-state index < -0.39 is 0 Å². The predicted molar refractivity (Wildman–Crippen MR) is 62.0 cm³/mol. The molecule has 0 aromatic carbocycles. The van der Waals surface area contributed by atoms with Gasteiger partial charge in [-0.15, -0.1) is 11.6 Å². The van der Waals surface area contributed by atoms with Gasteiger partial charge in [-0.3, -0.25) is 4.79 Å². The van der Waals surface area contributed by atoms with E-state index in [9.17, 15) is 4.79 Å². The Morgan fingerprint density at radius 3 is 2.94 bits per heavy atom. The second kappa shape index (κ2) is 7.30. The summed E-state index contributed by atoms with van der Waals surface area (Å²) in [5, 5.41) is 2.69. The van der Waals surface area contributed by atoms with Gasteiger partial charge in [-0.05, 0) is 12.1 Å². The number of carbonyl (C=O) groups excluding carboxylic acids is 1. The van der Waals surface area contributed by atoms with Crippen LogP contribution in [-0.2, 0) is 11.2 Å². The van der Waals surface area contributed by atoms with E-state index in [0.717, 1.165) is 12.2 Å². The molecule has 1 heterocycles. The zero-order valence-electron chi connectivity index (χ0n) is 9.29. The molecule has 1 amide bonds. The van der Waals surface area contributed by atoms with Crippen LogP contribution in [0.1, 0.15) is 23.2 Å². The highest BCUT2D eigenvalue weighted by molar-refractivity contribution is 6.17. The van der Waals surface area contributed by atoms with Gasteiger partial charge in [0.15, 0.2) is 5.76 Å². The molecule has 1 aromatic heterocycles. The summed E-state index contributed by atoms with van der Waals surface area (Å²) >= 11 is 5.43. The Morgan fingerprint density at radius 2 is 2.31 bits per heavy atom. The fraction of sp³-hybridized carbons (Fsp3) is 0.545. The first-order valence-electron chi connectivity index (χ1n) is 5.28. The largest absolute Gasteiger partial charge is 0.456 e. The second-order valence-corrected chi connectivity index (χ2v) is 3.55. The molecule has 0 saturated heterocycles. The predicted octanol–water partition coefficient (Wildman–Crippen LogP) is 1.83. The van der Waals surface area contributed by atoms with Crippen molar-refractivity contribution >= 4 is 17.5 Å². The van der Waals surface area contributed by atoms with Gasteiger partial charge in [0.1, 0.15) is 5.76 Å². The van der Waals surface area contributed by atoms with E-state index in [1.54, 1.807) is 12.1 Å². The fourth-order valence-corrected chi connectivity index (χ4v) is 1.28. The molecular weight excluding hydrogens is 230 g/mol. The fourth-order valence-electron chi connectivity index (χ4n) is 1.17. The lowest BCUT2D eigenvalue weighted by molar-refractivity contribution is 0.0895. The maximum absolute atomic E-state index is 11.5. The van der Waals surface area contributed by atoms with Crippen LogP contribution in [0.15, 0.2) is 16.5 Å². The minimum atomic E-state index is -0.214. The van der Waals surface area contributed by atoms with Crippen LogP contribution in [0.5, 0.6) is 0 Å². The van der Waals surface area contributed by atoms with Crippen molar-refractivity contribution in [2.24, 2.45) is 0 Å². The molecule has 0 fully saturated rings. The summed E-state index contributed by atoms with van der Waals surface area (Å²) in [6.45, 7) is 3.39. The number of hydrogen-bond donors (Lipinski definition) is 1. The Hall–Kier alpha value is -1.00. The first-order valence-corrected chi connectivity index (χ1v) is 5.82. The SMILES string of the molecule is CCc1ccc(C(=O)NCCOCCCl)o1. The lowest BCUT2D eigenvalue weighted by atomic mass is 10.3. The van der Waals surface area contributed by atoms with Crippen molar-refractivity contribution in [3.63, 3.8) is 0 Å². The van der Waals surface area contributed by atoms with Gasteiger partial charge < -0.3 is 14.5 Å². The number of furan rings is 1. The first kappa shape index (κ1) is 13.1. The molecular formula is C11H16ClNO3. The van der Waals surface area contributed by atoms with Crippen LogP contribution in [0.3, 0.4) is 0 Å². The number of nitrogens with one attached hydrogen (secondary N) is 1. The van der Waals surface area contributed by atoms with E-state index in [-0.39, 0.29) is 5.91 Å². The average Bonchev–Trinajstić information content (AvgIpc) is 2.77. The Kier molecular flexibility index (Phi) is 5.96. The highest BCUT2D eigenvalue weighted by atomic mass is 35.5. The van der Waals surface area contributed by atoms with E-state index >= 15 is 0 Å². The zero-order chi connectivity index (χ0) is 11.8. The molecule has 0 spiro atoms. The summed E-state index contributed by atoms with van der Waals surface area (Å²) in [4.78, 5) is 11.5. The molecule has 5 heteroatoms. The Bertz CT molecular complexity index is 325. The lowest BCUT2D eigenvalue weighted by Crippen LogP contribution is -2.27. The van der Waals surface area contributed by atoms with Crippen molar-refractivity contribution < 1.29 is 13.9 Å². The van der Waals surface area contributed by atoms with Crippen molar-refractivity contribution in [2.45, 2.75) is 13.3 Å². The molecule has 90 valence electrons. The molecule has 1 aromatic rings. The van der Waals surface area contributed by atoms with Crippen LogP contribution >= 0.6 is 11.6 Å². The van der Waals surface area contributed by atoms with E-state index in [0.29, 0.717) is 31.4 Å². The second-order valence-electron chi connectivity index (χ2n) is 3.18. The van der Waals surface area contributed by atoms with E-state index in [1.165, 1.54) is 0 Å². The van der Waals surface area contributed by atoms with Crippen LogP contribution in [-0.4, -0.2) is 31.5 Å². The molecule has 0 aliphatic carbocycles. The van der Waals surface area contributed by atoms with Crippen molar-refractivity contribution in [1.29, 1.82) is 0 Å². The molecule has 1 N–H and O–H groups in total. The highest BCUT2D eigenvalue weighted by Gasteiger charge is 2.09. The van der Waals surface area contributed by atoms with Crippen molar-refractivity contribution in [1.82, 2.24) is 5.32 Å². The molecule has 0 atom stereocenters. The Labute approximate surface area is 99.9 Å². The van der Waals surface area contributed by atoms with Gasteiger partial charge in [0.2, 0.25) is 0 Å². The number of aryl methyl sites for hydroxylation is 1. The Balaban J connectivity index is 2.24. The lowest BCUT2D eigenvalue weighted by Gasteiger charge is -2.03. The van der Waals surface area contributed by atoms with Crippen molar-refractivity contribution in [3.8, 4) is 0 Å². The molecule has 1 rings (SSSR count). The quantitative estimate of drug-likeness (QED) is 0.589. The molecule has 0 saturated carbocycles. The van der Waals surface area contributed by atoms with Crippen molar-refractivity contribution in [3.05, 3.63) is 23.7 Å². The van der Waals surface area contributed by atoms with Gasteiger partial charge in [-0.2, -0.15) is 0 Å². The van der Waals surface area contributed by atoms with Gasteiger partial charge in [0.25, 0.3) is 5.91 Å². The van der Waals surface area contributed by atoms with Gasteiger partial charge in [0.05, 0.1) is 13.2 Å². The summed E-state index contributed by atoms with van der Waals surface area (Å²) in [5.41, 5.74) is 0. The number of amides is 1. The van der Waals surface area contributed by atoms with E-state index in [1.807, 2.05) is 6.92 Å². The standard InChI is InChI=1S/C11H16ClNO3/c1-2-9-3-4-10(16-9)11(14)13-6-8-15-7-5-12/h3-4H,2,5-8H2,1H3,(H,13,14). The molecule has 0 aliphatic rings. The number of rotatable bonds is 7. The third-order valence-electron chi connectivity index (χ3n) is 1.99. The van der Waals surface area contributed by atoms with E-state index in [2.05, 4.69) is 5.32 Å². The third kappa shape index (κ3) is 4.24. The van der Waals surface area contributed by atoms with Gasteiger partial charge in [0, 0.05) is 18.8 Å². The summed E-state index contributed by atoms with van der Waals surface area (Å²) in [6, 6.07) is 3.48. The molecule has 16 heavy (non-hydrogen) atoms. The maximum atomic E-state index is 11.5. The van der Waals surface area contributed by atoms with Crippen LogP contribution in [0, 0.1) is 0 Å². The Morgan fingerprint density at radius 1 is 1.50 bits per heavy atom. The van der Waals surface area contributed by atoms with Crippen LogP contribution in [0.4, 0.5) is 0 Å². The van der Waals surface area contributed by atoms with Gasteiger partial charge in [-0.1, -0.05) is 6.92 Å². The minimum absolute atomic E-state index is 0.214. The van der Waals surface area contributed by atoms with Crippen LogP contribution in [0.25, 0.3) is 0 Å². The molecule has 0 aliphatic heterocycles. The zero-order valence-corrected chi connectivity index (χ0v) is 10.0.